The van der Waals surface area contributed by atoms with Crippen LogP contribution < -0.4 is 5.32 Å². The third kappa shape index (κ3) is 7.76. The van der Waals surface area contributed by atoms with Crippen LogP contribution in [0.2, 0.25) is 0 Å². The van der Waals surface area contributed by atoms with Gasteiger partial charge in [-0.05, 0) is 64.9 Å². The molecule has 0 spiro atoms. The number of tetrazole rings is 1. The Hall–Kier alpha value is -4.30. The molecule has 0 saturated carbocycles. The lowest BCUT2D eigenvalue weighted by atomic mass is 10.0. The lowest BCUT2D eigenvalue weighted by Crippen LogP contribution is -2.31. The molecule has 1 aliphatic rings. The molecule has 1 aromatic heterocycles. The van der Waals surface area contributed by atoms with Crippen molar-refractivity contribution < 1.29 is 34.0 Å². The Balaban J connectivity index is 1.34. The fraction of sp³-hybridized carbons (Fsp3) is 0.300. The summed E-state index contributed by atoms with van der Waals surface area (Å²) in [6.45, 7) is 2.69. The molecule has 1 amide bonds. The standard InChI is InChI=1S/C30H31N5O7S/c1-18(40-19(2)37)28(39)31-23-5-3-4-22(14-23)29-41-26(15-27(42-29)21-8-6-20(16-36)7-9-21)17-43-30-32-33-34-35(30)24-10-12-25(38)13-11-24/h3-14,18,26-27,29,36,38H,15-17H2,1-2H3,(H,31,39)/t18-,26+,27-,29-/m0/s1. The number of aromatic nitrogens is 4. The number of nitrogens with one attached hydrogen (secondary N) is 1. The maximum atomic E-state index is 12.5. The van der Waals surface area contributed by atoms with Crippen LogP contribution in [0.25, 0.3) is 5.69 Å². The summed E-state index contributed by atoms with van der Waals surface area (Å²) in [5.41, 5.74) is 3.64. The molecular weight excluding hydrogens is 574 g/mol. The number of phenols is 1. The van der Waals surface area contributed by atoms with Crippen molar-refractivity contribution in [1.29, 1.82) is 0 Å². The van der Waals surface area contributed by atoms with Crippen LogP contribution >= 0.6 is 11.8 Å². The third-order valence-electron chi connectivity index (χ3n) is 6.69. The van der Waals surface area contributed by atoms with Gasteiger partial charge in [0.25, 0.3) is 5.91 Å². The second kappa shape index (κ2) is 13.8. The zero-order chi connectivity index (χ0) is 30.3. The van der Waals surface area contributed by atoms with Gasteiger partial charge in [0, 0.05) is 30.3 Å². The largest absolute Gasteiger partial charge is 0.508 e. The summed E-state index contributed by atoms with van der Waals surface area (Å²) < 4.78 is 19.4. The van der Waals surface area contributed by atoms with Gasteiger partial charge in [0.05, 0.1) is 24.5 Å². The first kappa shape index (κ1) is 30.2. The van der Waals surface area contributed by atoms with Crippen molar-refractivity contribution in [2.75, 3.05) is 11.1 Å². The van der Waals surface area contributed by atoms with Crippen LogP contribution in [-0.4, -0.2) is 60.3 Å². The van der Waals surface area contributed by atoms with Crippen LogP contribution in [0.4, 0.5) is 5.69 Å². The molecule has 12 nitrogen and oxygen atoms in total. The highest BCUT2D eigenvalue weighted by atomic mass is 32.2. The van der Waals surface area contributed by atoms with E-state index in [-0.39, 0.29) is 24.6 Å². The predicted molar refractivity (Wildman–Crippen MR) is 156 cm³/mol. The van der Waals surface area contributed by atoms with Crippen molar-refractivity contribution >= 4 is 29.3 Å². The zero-order valence-corrected chi connectivity index (χ0v) is 24.3. The van der Waals surface area contributed by atoms with Crippen LogP contribution in [0, 0.1) is 0 Å². The van der Waals surface area contributed by atoms with Gasteiger partial charge in [-0.2, -0.15) is 4.68 Å². The van der Waals surface area contributed by atoms with Crippen LogP contribution in [-0.2, 0) is 30.4 Å². The van der Waals surface area contributed by atoms with E-state index in [1.807, 2.05) is 30.3 Å². The summed E-state index contributed by atoms with van der Waals surface area (Å²) in [5, 5.41) is 34.5. The number of hydrogen-bond acceptors (Lipinski definition) is 11. The summed E-state index contributed by atoms with van der Waals surface area (Å²) in [6, 6.07) is 21.3. The first-order chi connectivity index (χ1) is 20.8. The number of thioether (sulfide) groups is 1. The minimum absolute atomic E-state index is 0.0544. The second-order valence-corrected chi connectivity index (χ2v) is 10.9. The number of anilines is 1. The third-order valence-corrected chi connectivity index (χ3v) is 7.74. The fourth-order valence-corrected chi connectivity index (χ4v) is 5.43. The SMILES string of the molecule is CC(=O)O[C@@H](C)C(=O)Nc1cccc([C@H]2O[C@@H](CSc3nnnn3-c3ccc(O)cc3)C[C@@H](c3ccc(CO)cc3)O2)c1. The molecule has 4 aromatic rings. The summed E-state index contributed by atoms with van der Waals surface area (Å²) in [6.07, 6.45) is -1.73. The van der Waals surface area contributed by atoms with E-state index in [0.29, 0.717) is 34.3 Å². The van der Waals surface area contributed by atoms with Crippen molar-refractivity contribution in [3.63, 3.8) is 0 Å². The van der Waals surface area contributed by atoms with Crippen LogP contribution in [0.5, 0.6) is 5.75 Å². The first-order valence-electron chi connectivity index (χ1n) is 13.6. The number of carbonyl (C=O) groups excluding carboxylic acids is 2. The number of aliphatic hydroxyl groups excluding tert-OH is 1. The molecule has 4 atom stereocenters. The monoisotopic (exact) mass is 605 g/mol. The molecule has 224 valence electrons. The number of phenolic OH excluding ortho intramolecular Hbond substituents is 1. The number of nitrogens with zero attached hydrogens (tertiary/aromatic N) is 4. The number of hydrogen-bond donors (Lipinski definition) is 3. The van der Waals surface area contributed by atoms with Gasteiger partial charge in [-0.3, -0.25) is 9.59 Å². The number of amides is 1. The highest BCUT2D eigenvalue weighted by molar-refractivity contribution is 7.99. The van der Waals surface area contributed by atoms with Gasteiger partial charge in [-0.15, -0.1) is 5.10 Å². The topological polar surface area (TPSA) is 158 Å². The highest BCUT2D eigenvalue weighted by Gasteiger charge is 2.33. The normalized spacial score (nSPS) is 19.0. The predicted octanol–water partition coefficient (Wildman–Crippen LogP) is 4.09. The van der Waals surface area contributed by atoms with Crippen molar-refractivity contribution in [1.82, 2.24) is 20.2 Å². The molecule has 3 aromatic carbocycles. The van der Waals surface area contributed by atoms with Crippen molar-refractivity contribution in [3.05, 3.63) is 89.5 Å². The molecule has 1 aliphatic heterocycles. The molecule has 0 bridgehead atoms. The molecular formula is C30H31N5O7S. The number of esters is 1. The summed E-state index contributed by atoms with van der Waals surface area (Å²) in [7, 11) is 0. The Bertz CT molecular complexity index is 1550. The Kier molecular flexibility index (Phi) is 9.67. The van der Waals surface area contributed by atoms with E-state index < -0.39 is 24.3 Å². The molecule has 3 N–H and O–H groups in total. The molecule has 13 heteroatoms. The number of aromatic hydroxyl groups is 1. The quantitative estimate of drug-likeness (QED) is 0.177. The molecule has 43 heavy (non-hydrogen) atoms. The molecule has 0 aliphatic carbocycles. The minimum Gasteiger partial charge on any atom is -0.508 e. The number of ether oxygens (including phenoxy) is 3. The summed E-state index contributed by atoms with van der Waals surface area (Å²) >= 11 is 1.43. The number of aliphatic hydroxyl groups is 1. The van der Waals surface area contributed by atoms with E-state index in [9.17, 15) is 19.8 Å². The van der Waals surface area contributed by atoms with Gasteiger partial charge in [0.15, 0.2) is 12.4 Å². The Morgan fingerprint density at radius 3 is 2.58 bits per heavy atom. The summed E-state index contributed by atoms with van der Waals surface area (Å²) in [5.74, 6) is -0.340. The van der Waals surface area contributed by atoms with E-state index in [1.165, 1.54) is 25.6 Å². The molecule has 5 rings (SSSR count). The van der Waals surface area contributed by atoms with E-state index in [1.54, 1.807) is 47.1 Å². The highest BCUT2D eigenvalue weighted by Crippen LogP contribution is 2.40. The lowest BCUT2D eigenvalue weighted by Gasteiger charge is -2.36. The zero-order valence-electron chi connectivity index (χ0n) is 23.5. The Morgan fingerprint density at radius 1 is 1.09 bits per heavy atom. The van der Waals surface area contributed by atoms with Gasteiger partial charge in [0.2, 0.25) is 5.16 Å². The smallest absolute Gasteiger partial charge is 0.303 e. The van der Waals surface area contributed by atoms with Gasteiger partial charge in [-0.1, -0.05) is 48.2 Å². The Labute approximate surface area is 252 Å². The maximum absolute atomic E-state index is 12.5. The van der Waals surface area contributed by atoms with Crippen molar-refractivity contribution in [2.24, 2.45) is 0 Å². The van der Waals surface area contributed by atoms with Crippen molar-refractivity contribution in [3.8, 4) is 11.4 Å². The summed E-state index contributed by atoms with van der Waals surface area (Å²) in [4.78, 5) is 23.8. The Morgan fingerprint density at radius 2 is 1.86 bits per heavy atom. The van der Waals surface area contributed by atoms with Gasteiger partial charge in [-0.25, -0.2) is 0 Å². The molecule has 2 heterocycles. The lowest BCUT2D eigenvalue weighted by molar-refractivity contribution is -0.245. The van der Waals surface area contributed by atoms with E-state index in [4.69, 9.17) is 14.2 Å². The van der Waals surface area contributed by atoms with E-state index in [2.05, 4.69) is 20.8 Å². The molecule has 0 unspecified atom stereocenters. The van der Waals surface area contributed by atoms with Crippen LogP contribution in [0.3, 0.4) is 0 Å². The van der Waals surface area contributed by atoms with E-state index >= 15 is 0 Å². The fourth-order valence-electron chi connectivity index (χ4n) is 4.52. The average molecular weight is 606 g/mol. The maximum Gasteiger partial charge on any atom is 0.303 e. The number of benzene rings is 3. The van der Waals surface area contributed by atoms with Crippen LogP contribution in [0.1, 0.15) is 49.4 Å². The van der Waals surface area contributed by atoms with Gasteiger partial charge < -0.3 is 29.7 Å². The molecule has 1 saturated heterocycles. The van der Waals surface area contributed by atoms with Crippen molar-refractivity contribution in [2.45, 2.75) is 56.6 Å². The van der Waals surface area contributed by atoms with E-state index in [0.717, 1.165) is 11.1 Å². The second-order valence-electron chi connectivity index (χ2n) is 9.92. The molecule has 0 radical (unpaired) electrons. The van der Waals surface area contributed by atoms with Crippen LogP contribution in [0.15, 0.2) is 78.0 Å². The first-order valence-corrected chi connectivity index (χ1v) is 14.6. The number of rotatable bonds is 10. The van der Waals surface area contributed by atoms with Gasteiger partial charge in [0.1, 0.15) is 5.75 Å². The minimum atomic E-state index is -0.950. The number of carbonyl (C=O) groups is 2. The van der Waals surface area contributed by atoms with Gasteiger partial charge >= 0.3 is 5.97 Å². The molecule has 1 fully saturated rings. The average Bonchev–Trinajstić information content (AvgIpc) is 3.49.